The Morgan fingerprint density at radius 1 is 0.477 bits per heavy atom. The fraction of sp³-hybridized carbons (Fsp3) is 0.184. The van der Waals surface area contributed by atoms with Crippen LogP contribution in [0.3, 0.4) is 0 Å². The highest BCUT2D eigenvalue weighted by Gasteiger charge is 2.27. The predicted octanol–water partition coefficient (Wildman–Crippen LogP) is 6.35. The first kappa shape index (κ1) is 70.2. The molecule has 0 spiro atoms. The van der Waals surface area contributed by atoms with E-state index in [2.05, 4.69) is 69.2 Å². The topological polar surface area (TPSA) is 605 Å². The summed E-state index contributed by atoms with van der Waals surface area (Å²) in [5, 5.41) is 56.0. The van der Waals surface area contributed by atoms with E-state index in [0.717, 1.165) is 43.3 Å². The van der Waals surface area contributed by atoms with Crippen LogP contribution in [0.2, 0.25) is 0 Å². The van der Waals surface area contributed by atoms with Gasteiger partial charge in [-0.1, -0.05) is 10.1 Å². The summed E-state index contributed by atoms with van der Waals surface area (Å²) in [7, 11) is -34.4. The van der Waals surface area contributed by atoms with Crippen molar-refractivity contribution >= 4 is 163 Å². The molecular formula is C38H39N11O28S9. The SMILES string of the molecule is CC(=O)Nc1cc(/N=N/c2cc(/N=N/c3ccc(S(=O)(=O)CCOSOOO)cc3S(=O)(=O)O)c(N)c(/N=N/c3ccc(S(=O)(=O)CCOS(=O)(=O)O)cc3S(=O)(=O)O)c2N)c(S(=O)(=O)O)cc1/N=N/c1ccc(S(=O)(=O)CCOSOOO)cc1. The molecule has 5 aromatic carbocycles. The number of benzene rings is 5. The van der Waals surface area contributed by atoms with Gasteiger partial charge < -0.3 is 16.8 Å². The van der Waals surface area contributed by atoms with Gasteiger partial charge in [0, 0.05) is 6.92 Å². The highest BCUT2D eigenvalue weighted by Crippen LogP contribution is 2.47. The van der Waals surface area contributed by atoms with Crippen LogP contribution in [-0.2, 0) is 106 Å². The molecule has 0 fully saturated rings. The molecule has 5 rings (SSSR count). The maximum Gasteiger partial charge on any atom is 0.397 e. The zero-order valence-electron chi connectivity index (χ0n) is 42.3. The zero-order chi connectivity index (χ0) is 64.1. The number of sulfone groups is 3. The fourth-order valence-electron chi connectivity index (χ4n) is 6.29. The molecule has 0 aliphatic rings. The first-order valence-electron chi connectivity index (χ1n) is 22.0. The molecule has 0 bridgehead atoms. The number of azo groups is 4. The number of nitrogen functional groups attached to an aromatic ring is 2. The van der Waals surface area contributed by atoms with Gasteiger partial charge in [-0.3, -0.25) is 31.4 Å². The lowest BCUT2D eigenvalue weighted by Gasteiger charge is -2.11. The minimum absolute atomic E-state index is 0.0266. The van der Waals surface area contributed by atoms with Gasteiger partial charge in [-0.2, -0.15) is 38.8 Å². The maximum absolute atomic E-state index is 13.0. The Bertz CT molecular complexity index is 4330. The molecule has 48 heteroatoms. The Morgan fingerprint density at radius 2 is 0.872 bits per heavy atom. The highest BCUT2D eigenvalue weighted by molar-refractivity contribution is 7.92. The third kappa shape index (κ3) is 20.2. The van der Waals surface area contributed by atoms with Crippen LogP contribution in [0, 0.1) is 0 Å². The van der Waals surface area contributed by atoms with E-state index in [0.29, 0.717) is 30.3 Å². The fourth-order valence-corrected chi connectivity index (χ4v) is 12.7. The number of hydrogen-bond donors (Lipinski definition) is 9. The Hall–Kier alpha value is -6.60. The van der Waals surface area contributed by atoms with Gasteiger partial charge in [0.1, 0.15) is 54.5 Å². The number of rotatable bonds is 31. The van der Waals surface area contributed by atoms with Gasteiger partial charge in [0.05, 0.1) is 74.5 Å². The van der Waals surface area contributed by atoms with Crippen LogP contribution in [0.4, 0.5) is 62.6 Å². The Kier molecular flexibility index (Phi) is 24.0. The first-order valence-corrected chi connectivity index (χ1v) is 33.9. The van der Waals surface area contributed by atoms with E-state index in [4.69, 9.17) is 34.9 Å². The lowest BCUT2D eigenvalue weighted by Crippen LogP contribution is -2.16. The molecule has 0 saturated carbocycles. The van der Waals surface area contributed by atoms with Gasteiger partial charge >= 0.3 is 10.4 Å². The van der Waals surface area contributed by atoms with Crippen LogP contribution in [0.25, 0.3) is 0 Å². The zero-order valence-corrected chi connectivity index (χ0v) is 49.7. The van der Waals surface area contributed by atoms with E-state index >= 15 is 0 Å². The minimum atomic E-state index is -5.47. The number of nitrogens with zero attached hydrogens (tertiary/aromatic N) is 8. The van der Waals surface area contributed by atoms with E-state index in [-0.39, 0.29) is 40.9 Å². The normalized spacial score (nSPS) is 13.2. The molecule has 0 saturated heterocycles. The molecule has 468 valence electrons. The number of nitrogens with one attached hydrogen (secondary N) is 1. The molecule has 1 amide bonds. The van der Waals surface area contributed by atoms with Crippen molar-refractivity contribution in [1.82, 2.24) is 0 Å². The lowest BCUT2D eigenvalue weighted by molar-refractivity contribution is -0.434. The quantitative estimate of drug-likeness (QED) is 0.00443. The van der Waals surface area contributed by atoms with E-state index in [1.165, 1.54) is 12.1 Å². The van der Waals surface area contributed by atoms with E-state index in [1.54, 1.807) is 0 Å². The number of hydrogen-bond acceptors (Lipinski definition) is 36. The Morgan fingerprint density at radius 3 is 1.31 bits per heavy atom. The monoisotopic (exact) mass is 1380 g/mol. The third-order valence-electron chi connectivity index (χ3n) is 10.1. The second-order valence-electron chi connectivity index (χ2n) is 15.9. The molecule has 5 aromatic rings. The summed E-state index contributed by atoms with van der Waals surface area (Å²) >= 11 is 0.175. The van der Waals surface area contributed by atoms with Crippen LogP contribution in [0.15, 0.2) is 149 Å². The number of nitrogens with two attached hydrogens (primary N) is 2. The molecule has 11 N–H and O–H groups in total. The van der Waals surface area contributed by atoms with Gasteiger partial charge in [0.2, 0.25) is 5.91 Å². The Labute approximate surface area is 494 Å². The van der Waals surface area contributed by atoms with Crippen molar-refractivity contribution < 1.29 is 124 Å². The average Bonchev–Trinajstić information content (AvgIpc) is 2.57. The molecule has 0 aromatic heterocycles. The van der Waals surface area contributed by atoms with Crippen LogP contribution in [0.1, 0.15) is 6.92 Å². The number of carbonyl (C=O) groups is 1. The van der Waals surface area contributed by atoms with Gasteiger partial charge in [0.15, 0.2) is 54.2 Å². The molecule has 39 nitrogen and oxygen atoms in total. The number of carbonyl (C=O) groups excluding carboxylic acids is 1. The van der Waals surface area contributed by atoms with Crippen LogP contribution >= 0.6 is 24.6 Å². The molecule has 0 unspecified atom stereocenters. The lowest BCUT2D eigenvalue weighted by atomic mass is 10.1. The molecule has 0 aliphatic carbocycles. The number of amides is 1. The van der Waals surface area contributed by atoms with E-state index in [1.807, 2.05) is 0 Å². The largest absolute Gasteiger partial charge is 0.397 e. The summed E-state index contributed by atoms with van der Waals surface area (Å²) < 4.78 is 236. The van der Waals surface area contributed by atoms with Crippen molar-refractivity contribution in [3.63, 3.8) is 0 Å². The summed E-state index contributed by atoms with van der Waals surface area (Å²) in [6.07, 6.45) is 0. The molecule has 0 atom stereocenters. The second kappa shape index (κ2) is 29.4. The first-order chi connectivity index (χ1) is 40.0. The standard InChI is InChI=1S/C38H39N11O28S9/c1-21(50)41-28-18-30(35(85(65,66)67)20-29(28)45-42-22-2-4-23(5-3-22)80(53,54)13-10-71-78-76-74-51)46-48-32-19-31(47-43-26-8-6-24(16-33(26)83(59,60)61)81(55,56)14-11-72-79-77-75-52)36(39)38(37(32)40)49-44-27-9-7-25(17-34(27)84(62,63)64)82(57,58)15-12-73-86(68,69)70/h2-9,16-20,51-52H,10-15,39-40H2,1H3,(H,41,50)(H,59,60,61)(H,62,63,64)(H,65,66,67)(H,68,69,70)/b45-42+,47-43+,48-46+,49-44+. The Balaban J connectivity index is 1.68. The summed E-state index contributed by atoms with van der Waals surface area (Å²) in [5.74, 6) is -3.38. The van der Waals surface area contributed by atoms with Gasteiger partial charge in [-0.15, -0.1) is 44.5 Å². The predicted molar refractivity (Wildman–Crippen MR) is 292 cm³/mol. The minimum Gasteiger partial charge on any atom is -0.395 e. The van der Waals surface area contributed by atoms with Crippen molar-refractivity contribution in [3.05, 3.63) is 78.9 Å². The molecule has 86 heavy (non-hydrogen) atoms. The van der Waals surface area contributed by atoms with Crippen molar-refractivity contribution in [3.8, 4) is 0 Å². The smallest absolute Gasteiger partial charge is 0.395 e. The van der Waals surface area contributed by atoms with Gasteiger partial charge in [-0.05, 0) is 78.9 Å². The molecule has 0 radical (unpaired) electrons. The van der Waals surface area contributed by atoms with Crippen LogP contribution in [-0.4, -0.2) is 131 Å². The van der Waals surface area contributed by atoms with Gasteiger partial charge in [-0.25, -0.2) is 40.0 Å². The molecule has 0 heterocycles. The maximum atomic E-state index is 13.0. The van der Waals surface area contributed by atoms with Crippen LogP contribution < -0.4 is 16.8 Å². The van der Waals surface area contributed by atoms with Crippen molar-refractivity contribution in [2.45, 2.75) is 36.3 Å². The van der Waals surface area contributed by atoms with E-state index < -0.39 is 189 Å². The van der Waals surface area contributed by atoms with Crippen molar-refractivity contribution in [2.24, 2.45) is 40.9 Å². The van der Waals surface area contributed by atoms with E-state index in [9.17, 15) is 77.4 Å². The summed E-state index contributed by atoms with van der Waals surface area (Å²) in [4.78, 5) is 7.04. The number of anilines is 3. The van der Waals surface area contributed by atoms with Crippen molar-refractivity contribution in [2.75, 3.05) is 53.9 Å². The van der Waals surface area contributed by atoms with Gasteiger partial charge in [0.25, 0.3) is 30.4 Å². The summed E-state index contributed by atoms with van der Waals surface area (Å²) in [5.41, 5.74) is 5.74. The van der Waals surface area contributed by atoms with Crippen LogP contribution in [0.5, 0.6) is 0 Å². The van der Waals surface area contributed by atoms with Crippen molar-refractivity contribution in [1.29, 1.82) is 0 Å². The second-order valence-corrected chi connectivity index (χ2v) is 28.5. The summed E-state index contributed by atoms with van der Waals surface area (Å²) in [6.45, 7) is -1.18. The average molecular weight is 1390 g/mol. The third-order valence-corrected chi connectivity index (χ3v) is 19.0. The summed E-state index contributed by atoms with van der Waals surface area (Å²) in [6, 6.07) is 10.6. The molecule has 0 aliphatic heterocycles. The molecular weight excluding hydrogens is 1350 g/mol. The highest BCUT2D eigenvalue weighted by atomic mass is 32.3.